The second kappa shape index (κ2) is 6.31. The van der Waals surface area contributed by atoms with Crippen LogP contribution in [0, 0.1) is 0 Å². The highest BCUT2D eigenvalue weighted by molar-refractivity contribution is 5.44. The lowest BCUT2D eigenvalue weighted by atomic mass is 10.2. The van der Waals surface area contributed by atoms with E-state index in [-0.39, 0.29) is 0 Å². The summed E-state index contributed by atoms with van der Waals surface area (Å²) in [5, 5.41) is 15.8. The van der Waals surface area contributed by atoms with Crippen molar-refractivity contribution >= 4 is 11.5 Å². The third-order valence-electron chi connectivity index (χ3n) is 3.87. The molecule has 0 N–H and O–H groups in total. The highest BCUT2D eigenvalue weighted by Crippen LogP contribution is 2.16. The first kappa shape index (κ1) is 14.2. The molecule has 21 heavy (non-hydrogen) atoms. The van der Waals surface area contributed by atoms with Crippen molar-refractivity contribution in [2.45, 2.75) is 19.9 Å². The maximum Gasteiger partial charge on any atom is 0.200 e. The molecule has 1 aliphatic rings. The van der Waals surface area contributed by atoms with E-state index < -0.39 is 0 Å². The summed E-state index contributed by atoms with van der Waals surface area (Å²) in [5.74, 6) is 0.922. The molecule has 8 heteroatoms. The van der Waals surface area contributed by atoms with Gasteiger partial charge in [0.05, 0.1) is 6.61 Å². The number of hydrogen-bond donors (Lipinski definition) is 0. The molecule has 1 unspecified atom stereocenters. The fourth-order valence-corrected chi connectivity index (χ4v) is 2.67. The summed E-state index contributed by atoms with van der Waals surface area (Å²) in [6.07, 6.45) is 0. The van der Waals surface area contributed by atoms with Gasteiger partial charge in [-0.15, -0.1) is 14.8 Å². The highest BCUT2D eigenvalue weighted by Gasteiger charge is 2.24. The highest BCUT2D eigenvalue weighted by atomic mass is 16.5. The van der Waals surface area contributed by atoms with Crippen LogP contribution >= 0.6 is 0 Å². The molecule has 0 radical (unpaired) electrons. The third kappa shape index (κ3) is 3.11. The van der Waals surface area contributed by atoms with Gasteiger partial charge >= 0.3 is 0 Å². The Hall–Kier alpha value is -1.80. The molecule has 1 atom stereocenters. The number of hydrogen-bond acceptors (Lipinski definition) is 7. The SMILES string of the molecule is CCOCCN1CCN(c2ccc3nnnn3n2)CC1C. The van der Waals surface area contributed by atoms with E-state index in [0.29, 0.717) is 11.7 Å². The molecule has 114 valence electrons. The predicted molar refractivity (Wildman–Crippen MR) is 78.3 cm³/mol. The Bertz CT molecular complexity index is 587. The van der Waals surface area contributed by atoms with Gasteiger partial charge in [-0.3, -0.25) is 4.90 Å². The molecule has 1 saturated heterocycles. The number of rotatable bonds is 5. The van der Waals surface area contributed by atoms with Crippen LogP contribution < -0.4 is 4.90 Å². The van der Waals surface area contributed by atoms with Crippen molar-refractivity contribution in [1.29, 1.82) is 0 Å². The predicted octanol–water partition coefficient (Wildman–Crippen LogP) is 0.0663. The molecule has 0 aliphatic carbocycles. The molecular weight excluding hydrogens is 270 g/mol. The third-order valence-corrected chi connectivity index (χ3v) is 3.87. The van der Waals surface area contributed by atoms with E-state index in [9.17, 15) is 0 Å². The van der Waals surface area contributed by atoms with Crippen molar-refractivity contribution in [3.8, 4) is 0 Å². The Morgan fingerprint density at radius 3 is 3.05 bits per heavy atom. The Morgan fingerprint density at radius 2 is 2.24 bits per heavy atom. The molecule has 0 bridgehead atoms. The van der Waals surface area contributed by atoms with Crippen LogP contribution in [-0.2, 0) is 4.74 Å². The number of fused-ring (bicyclic) bond motifs is 1. The summed E-state index contributed by atoms with van der Waals surface area (Å²) >= 11 is 0. The van der Waals surface area contributed by atoms with Crippen LogP contribution in [0.4, 0.5) is 5.82 Å². The zero-order chi connectivity index (χ0) is 14.7. The molecule has 0 amide bonds. The van der Waals surface area contributed by atoms with Gasteiger partial charge in [-0.25, -0.2) is 0 Å². The monoisotopic (exact) mass is 291 g/mol. The van der Waals surface area contributed by atoms with Crippen LogP contribution in [0.3, 0.4) is 0 Å². The summed E-state index contributed by atoms with van der Waals surface area (Å²) in [4.78, 5) is 4.74. The molecule has 0 saturated carbocycles. The van der Waals surface area contributed by atoms with Crippen molar-refractivity contribution in [1.82, 2.24) is 30.2 Å². The van der Waals surface area contributed by atoms with Gasteiger partial charge in [0.2, 0.25) is 0 Å². The Kier molecular flexibility index (Phi) is 4.26. The fraction of sp³-hybridized carbons (Fsp3) is 0.692. The Labute approximate surface area is 123 Å². The zero-order valence-electron chi connectivity index (χ0n) is 12.5. The van der Waals surface area contributed by atoms with Crippen molar-refractivity contribution < 1.29 is 4.74 Å². The second-order valence-corrected chi connectivity index (χ2v) is 5.25. The van der Waals surface area contributed by atoms with Gasteiger partial charge in [0, 0.05) is 38.8 Å². The minimum absolute atomic E-state index is 0.477. The van der Waals surface area contributed by atoms with E-state index in [0.717, 1.165) is 45.2 Å². The minimum Gasteiger partial charge on any atom is -0.380 e. The lowest BCUT2D eigenvalue weighted by Gasteiger charge is -2.40. The number of nitrogens with zero attached hydrogens (tertiary/aromatic N) is 7. The van der Waals surface area contributed by atoms with E-state index in [1.807, 2.05) is 19.1 Å². The van der Waals surface area contributed by atoms with Crippen molar-refractivity contribution in [2.24, 2.45) is 0 Å². The minimum atomic E-state index is 0.477. The van der Waals surface area contributed by atoms with Gasteiger partial charge in [-0.1, -0.05) is 0 Å². The van der Waals surface area contributed by atoms with Crippen LogP contribution in [-0.4, -0.2) is 75.6 Å². The molecule has 0 aromatic carbocycles. The van der Waals surface area contributed by atoms with Crippen LogP contribution in [0.2, 0.25) is 0 Å². The first-order valence-electron chi connectivity index (χ1n) is 7.40. The maximum absolute atomic E-state index is 5.44. The van der Waals surface area contributed by atoms with Crippen LogP contribution in [0.1, 0.15) is 13.8 Å². The number of aromatic nitrogens is 5. The normalized spacial score (nSPS) is 20.3. The first-order valence-corrected chi connectivity index (χ1v) is 7.40. The average molecular weight is 291 g/mol. The van der Waals surface area contributed by atoms with Gasteiger partial charge in [0.25, 0.3) is 0 Å². The Balaban J connectivity index is 1.63. The van der Waals surface area contributed by atoms with Crippen LogP contribution in [0.15, 0.2) is 12.1 Å². The summed E-state index contributed by atoms with van der Waals surface area (Å²) in [7, 11) is 0. The number of tetrazole rings is 1. The summed E-state index contributed by atoms with van der Waals surface area (Å²) in [5.41, 5.74) is 0.669. The molecule has 2 aromatic rings. The van der Waals surface area contributed by atoms with E-state index in [1.54, 1.807) is 0 Å². The summed E-state index contributed by atoms with van der Waals surface area (Å²) < 4.78 is 6.92. The van der Waals surface area contributed by atoms with E-state index in [2.05, 4.69) is 37.3 Å². The van der Waals surface area contributed by atoms with Gasteiger partial charge in [-0.2, -0.15) is 0 Å². The van der Waals surface area contributed by atoms with Gasteiger partial charge in [-0.05, 0) is 36.4 Å². The maximum atomic E-state index is 5.44. The van der Waals surface area contributed by atoms with E-state index in [1.165, 1.54) is 4.63 Å². The van der Waals surface area contributed by atoms with Crippen LogP contribution in [0.25, 0.3) is 5.65 Å². The van der Waals surface area contributed by atoms with Crippen molar-refractivity contribution in [3.05, 3.63) is 12.1 Å². The summed E-state index contributed by atoms with van der Waals surface area (Å²) in [6, 6.07) is 4.36. The quantitative estimate of drug-likeness (QED) is 0.722. The molecule has 1 fully saturated rings. The lowest BCUT2D eigenvalue weighted by Crippen LogP contribution is -2.53. The first-order chi connectivity index (χ1) is 10.3. The fourth-order valence-electron chi connectivity index (χ4n) is 2.67. The molecule has 2 aromatic heterocycles. The second-order valence-electron chi connectivity index (χ2n) is 5.25. The van der Waals surface area contributed by atoms with Gasteiger partial charge in [0.15, 0.2) is 11.5 Å². The summed E-state index contributed by atoms with van der Waals surface area (Å²) in [6.45, 7) is 9.77. The topological polar surface area (TPSA) is 71.7 Å². The molecule has 3 rings (SSSR count). The van der Waals surface area contributed by atoms with Crippen molar-refractivity contribution in [2.75, 3.05) is 44.3 Å². The zero-order valence-corrected chi connectivity index (χ0v) is 12.5. The van der Waals surface area contributed by atoms with Crippen LogP contribution in [0.5, 0.6) is 0 Å². The number of anilines is 1. The smallest absolute Gasteiger partial charge is 0.200 e. The molecule has 3 heterocycles. The lowest BCUT2D eigenvalue weighted by molar-refractivity contribution is 0.0925. The Morgan fingerprint density at radius 1 is 1.33 bits per heavy atom. The molecule has 0 spiro atoms. The van der Waals surface area contributed by atoms with E-state index in [4.69, 9.17) is 4.74 Å². The van der Waals surface area contributed by atoms with Gasteiger partial charge < -0.3 is 9.64 Å². The van der Waals surface area contributed by atoms with E-state index >= 15 is 0 Å². The largest absolute Gasteiger partial charge is 0.380 e. The number of piperazine rings is 1. The standard InChI is InChI=1S/C13H21N7O/c1-3-21-9-8-18-6-7-19(10-11(18)2)13-5-4-12-14-16-17-20(12)15-13/h4-5,11H,3,6-10H2,1-2H3. The molecule has 1 aliphatic heterocycles. The van der Waals surface area contributed by atoms with Crippen molar-refractivity contribution in [3.63, 3.8) is 0 Å². The molecule has 8 nitrogen and oxygen atoms in total. The number of ether oxygens (including phenoxy) is 1. The molecular formula is C13H21N7O. The van der Waals surface area contributed by atoms with Gasteiger partial charge in [0.1, 0.15) is 0 Å². The average Bonchev–Trinajstić information content (AvgIpc) is 2.96.